The molecule has 0 radical (unpaired) electrons. The smallest absolute Gasteiger partial charge is 0.326 e. The van der Waals surface area contributed by atoms with Gasteiger partial charge in [-0.2, -0.15) is 5.10 Å². The van der Waals surface area contributed by atoms with Gasteiger partial charge in [0.25, 0.3) is 0 Å². The van der Waals surface area contributed by atoms with Crippen molar-refractivity contribution >= 4 is 18.0 Å². The second kappa shape index (κ2) is 7.32. The van der Waals surface area contributed by atoms with Gasteiger partial charge in [0.2, 0.25) is 5.91 Å². The van der Waals surface area contributed by atoms with Gasteiger partial charge in [-0.05, 0) is 6.08 Å². The molecule has 0 aliphatic carbocycles. The van der Waals surface area contributed by atoms with Crippen LogP contribution in [-0.4, -0.2) is 46.5 Å². The molecule has 1 atom stereocenters. The summed E-state index contributed by atoms with van der Waals surface area (Å²) in [6.45, 7) is 0.267. The Hall–Kier alpha value is -2.15. The Bertz CT molecular complexity index is 467. The van der Waals surface area contributed by atoms with Crippen LogP contribution in [0.5, 0.6) is 0 Å². The van der Waals surface area contributed by atoms with E-state index in [0.717, 1.165) is 5.56 Å². The average Bonchev–Trinajstić information content (AvgIpc) is 2.77. The van der Waals surface area contributed by atoms with Crippen molar-refractivity contribution in [1.29, 1.82) is 0 Å². The second-order valence-corrected chi connectivity index (χ2v) is 3.96. The van der Waals surface area contributed by atoms with Crippen molar-refractivity contribution in [3.63, 3.8) is 0 Å². The number of nitrogens with one attached hydrogen (secondary N) is 1. The third kappa shape index (κ3) is 5.35. The van der Waals surface area contributed by atoms with Crippen LogP contribution in [-0.2, 0) is 21.4 Å². The number of carboxylic acid groups (broad SMARTS) is 1. The predicted octanol–water partition coefficient (Wildman–Crippen LogP) is 0.0392. The topological polar surface area (TPSA) is 93.5 Å². The third-order valence-electron chi connectivity index (χ3n) is 2.38. The van der Waals surface area contributed by atoms with E-state index in [1.54, 1.807) is 30.2 Å². The van der Waals surface area contributed by atoms with Gasteiger partial charge in [0.05, 0.1) is 6.20 Å². The molecule has 1 rings (SSSR count). The van der Waals surface area contributed by atoms with Crippen molar-refractivity contribution in [2.45, 2.75) is 12.5 Å². The van der Waals surface area contributed by atoms with Gasteiger partial charge < -0.3 is 15.2 Å². The molecule has 104 valence electrons. The third-order valence-corrected chi connectivity index (χ3v) is 2.38. The van der Waals surface area contributed by atoms with Gasteiger partial charge in [0, 0.05) is 45.0 Å². The molecule has 19 heavy (non-hydrogen) atoms. The van der Waals surface area contributed by atoms with Gasteiger partial charge >= 0.3 is 5.97 Å². The molecule has 1 amide bonds. The average molecular weight is 267 g/mol. The van der Waals surface area contributed by atoms with E-state index in [1.807, 2.05) is 0 Å². The fraction of sp³-hybridized carbons (Fsp3) is 0.417. The number of methoxy groups -OCH3 is 1. The zero-order chi connectivity index (χ0) is 14.3. The molecule has 7 heteroatoms. The van der Waals surface area contributed by atoms with Crippen LogP contribution in [0, 0.1) is 0 Å². The number of amides is 1. The number of aromatic nitrogens is 2. The van der Waals surface area contributed by atoms with Crippen molar-refractivity contribution in [3.05, 3.63) is 24.0 Å². The lowest BCUT2D eigenvalue weighted by Gasteiger charge is -2.12. The lowest BCUT2D eigenvalue weighted by molar-refractivity contribution is -0.141. The van der Waals surface area contributed by atoms with Crippen molar-refractivity contribution in [2.24, 2.45) is 7.05 Å². The SMILES string of the molecule is COCCC(NC(=O)C=Cc1cnn(C)c1)C(=O)O. The van der Waals surface area contributed by atoms with E-state index in [2.05, 4.69) is 10.4 Å². The highest BCUT2D eigenvalue weighted by Gasteiger charge is 2.18. The van der Waals surface area contributed by atoms with Crippen LogP contribution in [0.1, 0.15) is 12.0 Å². The number of carbonyl (C=O) groups excluding carboxylic acids is 1. The van der Waals surface area contributed by atoms with E-state index in [1.165, 1.54) is 13.2 Å². The summed E-state index contributed by atoms with van der Waals surface area (Å²) in [6.07, 6.45) is 6.41. The molecule has 0 aliphatic heterocycles. The second-order valence-electron chi connectivity index (χ2n) is 3.96. The predicted molar refractivity (Wildman–Crippen MR) is 68.3 cm³/mol. The normalized spacial score (nSPS) is 12.5. The van der Waals surface area contributed by atoms with Crippen LogP contribution in [0.3, 0.4) is 0 Å². The van der Waals surface area contributed by atoms with Gasteiger partial charge in [-0.3, -0.25) is 9.48 Å². The molecule has 0 aliphatic rings. The molecule has 1 unspecified atom stereocenters. The molecule has 1 aromatic heterocycles. The summed E-state index contributed by atoms with van der Waals surface area (Å²) in [5.41, 5.74) is 0.765. The van der Waals surface area contributed by atoms with Crippen LogP contribution in [0.25, 0.3) is 6.08 Å². The number of aryl methyl sites for hydroxylation is 1. The fourth-order valence-corrected chi connectivity index (χ4v) is 1.41. The van der Waals surface area contributed by atoms with Crippen molar-refractivity contribution in [3.8, 4) is 0 Å². The fourth-order valence-electron chi connectivity index (χ4n) is 1.41. The highest BCUT2D eigenvalue weighted by molar-refractivity contribution is 5.94. The molecule has 2 N–H and O–H groups in total. The Labute approximate surface area is 110 Å². The Morgan fingerprint density at radius 1 is 1.63 bits per heavy atom. The molecule has 7 nitrogen and oxygen atoms in total. The molecule has 0 aromatic carbocycles. The van der Waals surface area contributed by atoms with E-state index in [-0.39, 0.29) is 13.0 Å². The first-order chi connectivity index (χ1) is 9.02. The number of nitrogens with zero attached hydrogens (tertiary/aromatic N) is 2. The summed E-state index contributed by atoms with van der Waals surface area (Å²) in [4.78, 5) is 22.5. The van der Waals surface area contributed by atoms with Gasteiger partial charge in [-0.25, -0.2) is 4.79 Å². The molecular weight excluding hydrogens is 250 g/mol. The van der Waals surface area contributed by atoms with Crippen molar-refractivity contribution in [2.75, 3.05) is 13.7 Å². The lowest BCUT2D eigenvalue weighted by Crippen LogP contribution is -2.40. The first-order valence-electron chi connectivity index (χ1n) is 5.72. The van der Waals surface area contributed by atoms with Crippen LogP contribution in [0.15, 0.2) is 18.5 Å². The number of ether oxygens (including phenoxy) is 1. The number of aliphatic carboxylic acids is 1. The first kappa shape index (κ1) is 14.9. The summed E-state index contributed by atoms with van der Waals surface area (Å²) in [5, 5.41) is 15.3. The Balaban J connectivity index is 2.52. The molecule has 1 aromatic rings. The summed E-state index contributed by atoms with van der Waals surface area (Å²) in [7, 11) is 3.24. The molecule has 0 fully saturated rings. The summed E-state index contributed by atoms with van der Waals surface area (Å²) < 4.78 is 6.40. The quantitative estimate of drug-likeness (QED) is 0.680. The minimum Gasteiger partial charge on any atom is -0.480 e. The minimum absolute atomic E-state index is 0.221. The Morgan fingerprint density at radius 3 is 2.89 bits per heavy atom. The zero-order valence-electron chi connectivity index (χ0n) is 10.9. The summed E-state index contributed by atoms with van der Waals surface area (Å²) >= 11 is 0. The van der Waals surface area contributed by atoms with Gasteiger partial charge in [-0.1, -0.05) is 0 Å². The maximum Gasteiger partial charge on any atom is 0.326 e. The van der Waals surface area contributed by atoms with E-state index < -0.39 is 17.9 Å². The van der Waals surface area contributed by atoms with Crippen molar-refractivity contribution < 1.29 is 19.4 Å². The van der Waals surface area contributed by atoms with E-state index in [0.29, 0.717) is 0 Å². The largest absolute Gasteiger partial charge is 0.480 e. The standard InChI is InChI=1S/C12H17N3O4/c1-15-8-9(7-13-15)3-4-11(16)14-10(12(17)18)5-6-19-2/h3-4,7-8,10H,5-6H2,1-2H3,(H,14,16)(H,17,18). The van der Waals surface area contributed by atoms with Crippen LogP contribution in [0.2, 0.25) is 0 Å². The number of hydrogen-bond acceptors (Lipinski definition) is 4. The number of carbonyl (C=O) groups is 2. The monoisotopic (exact) mass is 267 g/mol. The van der Waals surface area contributed by atoms with Crippen LogP contribution < -0.4 is 5.32 Å². The van der Waals surface area contributed by atoms with Gasteiger partial charge in [0.1, 0.15) is 6.04 Å². The van der Waals surface area contributed by atoms with Gasteiger partial charge in [-0.15, -0.1) is 0 Å². The first-order valence-corrected chi connectivity index (χ1v) is 5.72. The highest BCUT2D eigenvalue weighted by atomic mass is 16.5. The maximum absolute atomic E-state index is 11.6. The maximum atomic E-state index is 11.6. The molecule has 0 saturated heterocycles. The highest BCUT2D eigenvalue weighted by Crippen LogP contribution is 1.99. The Kier molecular flexibility index (Phi) is 5.74. The van der Waals surface area contributed by atoms with Gasteiger partial charge in [0.15, 0.2) is 0 Å². The molecule has 0 saturated carbocycles. The summed E-state index contributed by atoms with van der Waals surface area (Å²) in [6, 6.07) is -0.953. The van der Waals surface area contributed by atoms with E-state index in [9.17, 15) is 9.59 Å². The van der Waals surface area contributed by atoms with E-state index >= 15 is 0 Å². The molecule has 0 spiro atoms. The number of carboxylic acids is 1. The van der Waals surface area contributed by atoms with Crippen LogP contribution >= 0.6 is 0 Å². The summed E-state index contributed by atoms with van der Waals surface area (Å²) in [5.74, 6) is -1.55. The zero-order valence-corrected chi connectivity index (χ0v) is 10.9. The van der Waals surface area contributed by atoms with Crippen LogP contribution in [0.4, 0.5) is 0 Å². The number of rotatable bonds is 7. The minimum atomic E-state index is -1.08. The lowest BCUT2D eigenvalue weighted by atomic mass is 10.2. The molecular formula is C12H17N3O4. The van der Waals surface area contributed by atoms with Crippen molar-refractivity contribution in [1.82, 2.24) is 15.1 Å². The van der Waals surface area contributed by atoms with E-state index in [4.69, 9.17) is 9.84 Å². The number of hydrogen-bond donors (Lipinski definition) is 2. The molecule has 0 bridgehead atoms. The molecule has 1 heterocycles. The Morgan fingerprint density at radius 2 is 2.37 bits per heavy atom.